The molecule has 6 aromatic rings. The van der Waals surface area contributed by atoms with Crippen molar-refractivity contribution in [2.45, 2.75) is 13.8 Å². The Hall–Kier alpha value is -5.36. The highest BCUT2D eigenvalue weighted by Crippen LogP contribution is 2.11. The van der Waals surface area contributed by atoms with E-state index in [9.17, 15) is 0 Å². The SMILES string of the molecule is Cc1nnn(C)n1.Cc1nnnn1C.Cn1cnc(-c2ccccc2)n1.Cn1cnnn1.Cn1ncnn1. The van der Waals surface area contributed by atoms with Crippen molar-refractivity contribution in [1.29, 1.82) is 0 Å². The molecule has 0 spiro atoms. The molecule has 0 N–H and O–H groups in total. The molecule has 5 aromatic heterocycles. The van der Waals surface area contributed by atoms with Crippen LogP contribution in [0.2, 0.25) is 0 Å². The van der Waals surface area contributed by atoms with Crippen molar-refractivity contribution in [2.24, 2.45) is 35.2 Å². The molecule has 19 nitrogen and oxygen atoms in total. The molecule has 200 valence electrons. The second-order valence-electron chi connectivity index (χ2n) is 7.19. The van der Waals surface area contributed by atoms with Crippen LogP contribution in [0.25, 0.3) is 11.4 Å². The summed E-state index contributed by atoms with van der Waals surface area (Å²) in [6, 6.07) is 9.93. The third-order valence-electron chi connectivity index (χ3n) is 3.97. The van der Waals surface area contributed by atoms with Gasteiger partial charge in [-0.25, -0.2) is 14.3 Å². The lowest BCUT2D eigenvalue weighted by molar-refractivity contribution is 0.629. The van der Waals surface area contributed by atoms with Crippen molar-refractivity contribution in [3.8, 4) is 11.4 Å². The summed E-state index contributed by atoms with van der Waals surface area (Å²) < 4.78 is 4.84. The summed E-state index contributed by atoms with van der Waals surface area (Å²) in [6.45, 7) is 3.65. The largest absolute Gasteiger partial charge is 0.255 e. The molecule has 0 bridgehead atoms. The molecule has 19 heteroatoms. The highest BCUT2D eigenvalue weighted by molar-refractivity contribution is 5.53. The fraction of sp³-hybridized carbons (Fsp3) is 0.368. The Kier molecular flexibility index (Phi) is 11.9. The van der Waals surface area contributed by atoms with Gasteiger partial charge in [0, 0.05) is 26.7 Å². The standard InChI is InChI=1S/C9H9N3.2C3H6N4.2C2H4N4/c1-12-7-10-9(11-12)8-5-3-2-4-6-8;1-3-4-5-6-7(3)2;1-3-4-6-7(2)5-3;1-6-2-3-4-5-6;1-6-4-2-3-5-6/h2-7H,1H3;2*1-2H3;2*2H,1H3. The summed E-state index contributed by atoms with van der Waals surface area (Å²) in [7, 11) is 8.88. The average molecular weight is 524 g/mol. The van der Waals surface area contributed by atoms with Crippen molar-refractivity contribution < 1.29 is 0 Å². The summed E-state index contributed by atoms with van der Waals surface area (Å²) in [5, 5.41) is 46.4. The minimum absolute atomic E-state index is 0.711. The van der Waals surface area contributed by atoms with Gasteiger partial charge >= 0.3 is 0 Å². The molecule has 38 heavy (non-hydrogen) atoms. The van der Waals surface area contributed by atoms with Crippen LogP contribution >= 0.6 is 0 Å². The maximum absolute atomic E-state index is 4.19. The molecule has 0 saturated carbocycles. The highest BCUT2D eigenvalue weighted by Gasteiger charge is 1.99. The molecule has 0 saturated heterocycles. The summed E-state index contributed by atoms with van der Waals surface area (Å²) in [5.41, 5.74) is 1.05. The van der Waals surface area contributed by atoms with Crippen LogP contribution in [0.5, 0.6) is 0 Å². The zero-order chi connectivity index (χ0) is 27.8. The molecule has 5 heterocycles. The van der Waals surface area contributed by atoms with E-state index in [-0.39, 0.29) is 0 Å². The number of rotatable bonds is 1. The van der Waals surface area contributed by atoms with Gasteiger partial charge in [0.25, 0.3) is 0 Å². The van der Waals surface area contributed by atoms with Crippen LogP contribution in [0.3, 0.4) is 0 Å². The van der Waals surface area contributed by atoms with Gasteiger partial charge in [0.1, 0.15) is 18.5 Å². The topological polar surface area (TPSA) is 205 Å². The van der Waals surface area contributed by atoms with E-state index in [1.54, 1.807) is 50.8 Å². The lowest BCUT2D eigenvalue weighted by Gasteiger charge is -1.91. The van der Waals surface area contributed by atoms with Crippen LogP contribution < -0.4 is 0 Å². The average Bonchev–Trinajstić information content (AvgIpc) is 3.75. The molecular formula is C19H29N19. The summed E-state index contributed by atoms with van der Waals surface area (Å²) in [6.07, 6.45) is 4.61. The quantitative estimate of drug-likeness (QED) is 0.252. The lowest BCUT2D eigenvalue weighted by atomic mass is 10.2. The molecule has 0 amide bonds. The number of hydrogen-bond acceptors (Lipinski definition) is 14. The van der Waals surface area contributed by atoms with Gasteiger partial charge in [0.15, 0.2) is 18.0 Å². The van der Waals surface area contributed by atoms with Gasteiger partial charge in [0.2, 0.25) is 0 Å². The maximum Gasteiger partial charge on any atom is 0.181 e. The molecule has 1 aromatic carbocycles. The minimum atomic E-state index is 0.711. The molecule has 0 aliphatic carbocycles. The Morgan fingerprint density at radius 3 is 1.71 bits per heavy atom. The van der Waals surface area contributed by atoms with E-state index in [2.05, 4.69) is 72.0 Å². The maximum atomic E-state index is 4.19. The normalized spacial score (nSPS) is 9.45. The van der Waals surface area contributed by atoms with Crippen LogP contribution in [-0.2, 0) is 35.2 Å². The van der Waals surface area contributed by atoms with E-state index in [0.29, 0.717) is 5.82 Å². The number of nitrogens with zero attached hydrogens (tertiary/aromatic N) is 19. The van der Waals surface area contributed by atoms with E-state index in [4.69, 9.17) is 0 Å². The van der Waals surface area contributed by atoms with Crippen LogP contribution in [0.15, 0.2) is 49.3 Å². The number of benzene rings is 1. The van der Waals surface area contributed by atoms with Crippen molar-refractivity contribution in [3.05, 3.63) is 61.0 Å². The minimum Gasteiger partial charge on any atom is -0.255 e. The van der Waals surface area contributed by atoms with Crippen molar-refractivity contribution >= 4 is 0 Å². The second-order valence-corrected chi connectivity index (χ2v) is 7.19. The summed E-state index contributed by atoms with van der Waals surface area (Å²) in [5.74, 6) is 2.32. The molecule has 0 aliphatic rings. The summed E-state index contributed by atoms with van der Waals surface area (Å²) in [4.78, 5) is 6.95. The van der Waals surface area contributed by atoms with Crippen LogP contribution in [0, 0.1) is 13.8 Å². The fourth-order valence-corrected chi connectivity index (χ4v) is 2.14. The number of tetrazole rings is 4. The van der Waals surface area contributed by atoms with E-state index in [0.717, 1.165) is 17.2 Å². The summed E-state index contributed by atoms with van der Waals surface area (Å²) >= 11 is 0. The fourth-order valence-electron chi connectivity index (χ4n) is 2.14. The second kappa shape index (κ2) is 15.6. The monoisotopic (exact) mass is 523 g/mol. The Morgan fingerprint density at radius 1 is 0.658 bits per heavy atom. The van der Waals surface area contributed by atoms with E-state index in [1.807, 2.05) is 44.3 Å². The first-order valence-corrected chi connectivity index (χ1v) is 10.9. The van der Waals surface area contributed by atoms with Gasteiger partial charge in [-0.2, -0.15) is 14.7 Å². The zero-order valence-corrected chi connectivity index (χ0v) is 22.1. The first kappa shape index (κ1) is 28.9. The molecule has 0 fully saturated rings. The van der Waals surface area contributed by atoms with Gasteiger partial charge < -0.3 is 0 Å². The van der Waals surface area contributed by atoms with Gasteiger partial charge in [-0.1, -0.05) is 30.3 Å². The molecule has 0 atom stereocenters. The van der Waals surface area contributed by atoms with Crippen molar-refractivity contribution in [2.75, 3.05) is 0 Å². The number of aryl methyl sites for hydroxylation is 7. The Balaban J connectivity index is 0.000000172. The molecule has 0 aliphatic heterocycles. The van der Waals surface area contributed by atoms with Gasteiger partial charge in [-0.05, 0) is 45.1 Å². The van der Waals surface area contributed by atoms with Crippen molar-refractivity contribution in [1.82, 2.24) is 95.6 Å². The molecule has 0 radical (unpaired) electrons. The van der Waals surface area contributed by atoms with E-state index < -0.39 is 0 Å². The first-order chi connectivity index (χ1) is 18.2. The molecule has 6 rings (SSSR count). The highest BCUT2D eigenvalue weighted by atomic mass is 15.6. The number of hydrogen-bond donors (Lipinski definition) is 0. The molecule has 0 unspecified atom stereocenters. The lowest BCUT2D eigenvalue weighted by Crippen LogP contribution is -1.92. The van der Waals surface area contributed by atoms with Gasteiger partial charge in [-0.3, -0.25) is 4.68 Å². The Bertz CT molecular complexity index is 1320. The van der Waals surface area contributed by atoms with Gasteiger partial charge in [-0.15, -0.1) is 30.6 Å². The predicted octanol–water partition coefficient (Wildman–Crippen LogP) is -1.06. The van der Waals surface area contributed by atoms with Gasteiger partial charge in [0.05, 0.1) is 14.1 Å². The van der Waals surface area contributed by atoms with Crippen molar-refractivity contribution in [3.63, 3.8) is 0 Å². The predicted molar refractivity (Wildman–Crippen MR) is 131 cm³/mol. The van der Waals surface area contributed by atoms with E-state index >= 15 is 0 Å². The smallest absolute Gasteiger partial charge is 0.181 e. The number of aromatic nitrogens is 19. The van der Waals surface area contributed by atoms with Crippen LogP contribution in [0.4, 0.5) is 0 Å². The Labute approximate surface area is 217 Å². The zero-order valence-electron chi connectivity index (χ0n) is 22.1. The van der Waals surface area contributed by atoms with Crippen LogP contribution in [0.1, 0.15) is 11.6 Å². The van der Waals surface area contributed by atoms with E-state index in [1.165, 1.54) is 26.9 Å². The van der Waals surface area contributed by atoms with Crippen LogP contribution in [-0.4, -0.2) is 95.6 Å². The molecular weight excluding hydrogens is 494 g/mol. The first-order valence-electron chi connectivity index (χ1n) is 10.9. The third kappa shape index (κ3) is 11.4. The Morgan fingerprint density at radius 2 is 1.42 bits per heavy atom. The third-order valence-corrected chi connectivity index (χ3v) is 3.97.